The second-order valence-electron chi connectivity index (χ2n) is 4.12. The van der Waals surface area contributed by atoms with Crippen LogP contribution in [-0.4, -0.2) is 9.97 Å². The summed E-state index contributed by atoms with van der Waals surface area (Å²) >= 11 is 0. The highest BCUT2D eigenvalue weighted by Gasteiger charge is 2.05. The molecule has 3 rings (SSSR count). The van der Waals surface area contributed by atoms with Gasteiger partial charge < -0.3 is 0 Å². The first-order valence-electron chi connectivity index (χ1n) is 5.37. The van der Waals surface area contributed by atoms with Crippen LogP contribution in [0.1, 0.15) is 11.3 Å². The quantitative estimate of drug-likeness (QED) is 0.529. The first kappa shape index (κ1) is 9.28. The average molecular weight is 208 g/mol. The Bertz CT molecular complexity index is 687. The van der Waals surface area contributed by atoms with Crippen LogP contribution >= 0.6 is 0 Å². The number of hydrogen-bond donors (Lipinski definition) is 0. The molecule has 2 heteroatoms. The van der Waals surface area contributed by atoms with E-state index in [0.29, 0.717) is 0 Å². The fourth-order valence-electron chi connectivity index (χ4n) is 2.07. The molecule has 0 spiro atoms. The van der Waals surface area contributed by atoms with E-state index in [1.165, 1.54) is 5.56 Å². The van der Waals surface area contributed by atoms with Crippen LogP contribution in [-0.2, 0) is 0 Å². The predicted octanol–water partition coefficient (Wildman–Crippen LogP) is 3.40. The summed E-state index contributed by atoms with van der Waals surface area (Å²) in [5, 5.41) is 2.28. The number of pyridine rings is 2. The molecule has 1 aromatic carbocycles. The van der Waals surface area contributed by atoms with Crippen molar-refractivity contribution in [2.75, 3.05) is 0 Å². The normalized spacial score (nSPS) is 11.1. The van der Waals surface area contributed by atoms with Gasteiger partial charge in [-0.25, -0.2) is 0 Å². The van der Waals surface area contributed by atoms with Gasteiger partial charge in [0.2, 0.25) is 0 Å². The van der Waals surface area contributed by atoms with Gasteiger partial charge in [-0.3, -0.25) is 9.97 Å². The molecule has 0 aliphatic rings. The van der Waals surface area contributed by atoms with Crippen molar-refractivity contribution in [1.82, 2.24) is 9.97 Å². The Kier molecular flexibility index (Phi) is 1.90. The fraction of sp³-hybridized carbons (Fsp3) is 0.143. The van der Waals surface area contributed by atoms with E-state index in [2.05, 4.69) is 29.0 Å². The summed E-state index contributed by atoms with van der Waals surface area (Å²) in [6.45, 7) is 4.09. The van der Waals surface area contributed by atoms with Crippen LogP contribution in [0.2, 0.25) is 0 Å². The lowest BCUT2D eigenvalue weighted by molar-refractivity contribution is 1.26. The first-order valence-corrected chi connectivity index (χ1v) is 5.37. The Morgan fingerprint density at radius 1 is 1.00 bits per heavy atom. The molecule has 2 aromatic heterocycles. The van der Waals surface area contributed by atoms with Crippen molar-refractivity contribution in [2.24, 2.45) is 0 Å². The summed E-state index contributed by atoms with van der Waals surface area (Å²) < 4.78 is 0. The molecule has 0 unspecified atom stereocenters. The molecule has 0 bridgehead atoms. The molecule has 0 N–H and O–H groups in total. The summed E-state index contributed by atoms with van der Waals surface area (Å²) in [5.74, 6) is 0. The van der Waals surface area contributed by atoms with E-state index >= 15 is 0 Å². The highest BCUT2D eigenvalue weighted by molar-refractivity contribution is 6.04. The molecule has 2 heterocycles. The maximum atomic E-state index is 4.60. The number of benzene rings is 1. The van der Waals surface area contributed by atoms with Crippen LogP contribution in [0.4, 0.5) is 0 Å². The molecule has 0 saturated heterocycles. The lowest BCUT2D eigenvalue weighted by Gasteiger charge is -2.06. The Hall–Kier alpha value is -1.96. The molecule has 78 valence electrons. The third-order valence-corrected chi connectivity index (χ3v) is 2.86. The number of para-hydroxylation sites is 1. The van der Waals surface area contributed by atoms with Gasteiger partial charge in [-0.2, -0.15) is 0 Å². The summed E-state index contributed by atoms with van der Waals surface area (Å²) in [6, 6.07) is 10.3. The van der Waals surface area contributed by atoms with Crippen LogP contribution in [0.25, 0.3) is 21.8 Å². The minimum Gasteiger partial charge on any atom is -0.255 e. The molecule has 0 radical (unpaired) electrons. The van der Waals surface area contributed by atoms with Crippen LogP contribution < -0.4 is 0 Å². The van der Waals surface area contributed by atoms with Crippen LogP contribution in [0, 0.1) is 13.8 Å². The maximum absolute atomic E-state index is 4.60. The molecular formula is C14H12N2. The zero-order chi connectivity index (χ0) is 11.1. The van der Waals surface area contributed by atoms with E-state index in [1.807, 2.05) is 31.3 Å². The SMILES string of the molecule is Cc1cnc2c(c1)c(C)nc1ccccc12. The third-order valence-electron chi connectivity index (χ3n) is 2.86. The lowest BCUT2D eigenvalue weighted by atomic mass is 10.1. The summed E-state index contributed by atoms with van der Waals surface area (Å²) in [6.07, 6.45) is 1.91. The third kappa shape index (κ3) is 1.27. The van der Waals surface area contributed by atoms with Crippen molar-refractivity contribution in [1.29, 1.82) is 0 Å². The fourth-order valence-corrected chi connectivity index (χ4v) is 2.07. The minimum absolute atomic E-state index is 1.02. The number of nitrogens with zero attached hydrogens (tertiary/aromatic N) is 2. The Balaban J connectivity index is 2.59. The smallest absolute Gasteiger partial charge is 0.0814 e. The van der Waals surface area contributed by atoms with Crippen LogP contribution in [0.3, 0.4) is 0 Å². The molecule has 3 aromatic rings. The monoisotopic (exact) mass is 208 g/mol. The van der Waals surface area contributed by atoms with E-state index in [-0.39, 0.29) is 0 Å². The Morgan fingerprint density at radius 2 is 1.81 bits per heavy atom. The van der Waals surface area contributed by atoms with Gasteiger partial charge in [-0.05, 0) is 31.5 Å². The van der Waals surface area contributed by atoms with Crippen molar-refractivity contribution < 1.29 is 0 Å². The topological polar surface area (TPSA) is 25.8 Å². The molecule has 0 amide bonds. The number of hydrogen-bond acceptors (Lipinski definition) is 2. The van der Waals surface area contributed by atoms with E-state index < -0.39 is 0 Å². The van der Waals surface area contributed by atoms with Crippen molar-refractivity contribution >= 4 is 21.8 Å². The van der Waals surface area contributed by atoms with Gasteiger partial charge in [0.05, 0.1) is 11.0 Å². The molecule has 2 nitrogen and oxygen atoms in total. The number of rotatable bonds is 0. The van der Waals surface area contributed by atoms with E-state index in [4.69, 9.17) is 0 Å². The summed E-state index contributed by atoms with van der Waals surface area (Å²) in [7, 11) is 0. The molecule has 16 heavy (non-hydrogen) atoms. The summed E-state index contributed by atoms with van der Waals surface area (Å²) in [5.41, 5.74) is 4.29. The van der Waals surface area contributed by atoms with E-state index in [9.17, 15) is 0 Å². The van der Waals surface area contributed by atoms with Gasteiger partial charge >= 0.3 is 0 Å². The zero-order valence-corrected chi connectivity index (χ0v) is 9.36. The second kappa shape index (κ2) is 3.27. The zero-order valence-electron chi connectivity index (χ0n) is 9.36. The number of aromatic nitrogens is 2. The molecule has 0 saturated carbocycles. The Morgan fingerprint density at radius 3 is 2.69 bits per heavy atom. The van der Waals surface area contributed by atoms with E-state index in [0.717, 1.165) is 27.5 Å². The van der Waals surface area contributed by atoms with E-state index in [1.54, 1.807) is 0 Å². The molecule has 0 aliphatic heterocycles. The van der Waals surface area contributed by atoms with Gasteiger partial charge in [0.1, 0.15) is 0 Å². The van der Waals surface area contributed by atoms with Gasteiger partial charge in [-0.15, -0.1) is 0 Å². The maximum Gasteiger partial charge on any atom is 0.0814 e. The molecule has 0 atom stereocenters. The highest BCUT2D eigenvalue weighted by Crippen LogP contribution is 2.24. The van der Waals surface area contributed by atoms with Gasteiger partial charge in [-0.1, -0.05) is 18.2 Å². The molecular weight excluding hydrogens is 196 g/mol. The van der Waals surface area contributed by atoms with Crippen molar-refractivity contribution in [3.05, 3.63) is 47.8 Å². The molecule has 0 aliphatic carbocycles. The highest BCUT2D eigenvalue weighted by atomic mass is 14.7. The van der Waals surface area contributed by atoms with Crippen LogP contribution in [0.5, 0.6) is 0 Å². The van der Waals surface area contributed by atoms with Crippen molar-refractivity contribution in [3.63, 3.8) is 0 Å². The van der Waals surface area contributed by atoms with Crippen molar-refractivity contribution in [2.45, 2.75) is 13.8 Å². The van der Waals surface area contributed by atoms with Gasteiger partial charge in [0.15, 0.2) is 0 Å². The second-order valence-corrected chi connectivity index (χ2v) is 4.12. The lowest BCUT2D eigenvalue weighted by Crippen LogP contribution is -1.90. The van der Waals surface area contributed by atoms with Crippen LogP contribution in [0.15, 0.2) is 36.5 Å². The largest absolute Gasteiger partial charge is 0.255 e. The predicted molar refractivity (Wildman–Crippen MR) is 66.5 cm³/mol. The minimum atomic E-state index is 1.02. The Labute approximate surface area is 94.0 Å². The van der Waals surface area contributed by atoms with Crippen molar-refractivity contribution in [3.8, 4) is 0 Å². The van der Waals surface area contributed by atoms with Gasteiger partial charge in [0, 0.05) is 22.7 Å². The number of fused-ring (bicyclic) bond motifs is 3. The first-order chi connectivity index (χ1) is 7.75. The average Bonchev–Trinajstić information content (AvgIpc) is 2.29. The van der Waals surface area contributed by atoms with Gasteiger partial charge in [0.25, 0.3) is 0 Å². The standard InChI is InChI=1S/C14H12N2/c1-9-7-12-10(2)16-13-6-4-3-5-11(13)14(12)15-8-9/h3-8H,1-2H3. The molecule has 0 fully saturated rings. The number of aryl methyl sites for hydroxylation is 2. The summed E-state index contributed by atoms with van der Waals surface area (Å²) in [4.78, 5) is 9.13.